The van der Waals surface area contributed by atoms with Gasteiger partial charge in [-0.05, 0) is 41.9 Å². The Balaban J connectivity index is 2.57. The number of rotatable bonds is 6. The van der Waals surface area contributed by atoms with Gasteiger partial charge in [0.2, 0.25) is 5.24 Å². The van der Waals surface area contributed by atoms with Crippen molar-refractivity contribution < 1.29 is 17.9 Å². The van der Waals surface area contributed by atoms with Crippen molar-refractivity contribution in [3.05, 3.63) is 52.5 Å². The second kappa shape index (κ2) is 7.61. The van der Waals surface area contributed by atoms with Crippen molar-refractivity contribution in [1.29, 1.82) is 0 Å². The molecule has 0 heterocycles. The zero-order chi connectivity index (χ0) is 17.9. The van der Waals surface area contributed by atoms with Gasteiger partial charge in [0, 0.05) is 6.07 Å². The summed E-state index contributed by atoms with van der Waals surface area (Å²) in [7, 11) is -2.64. The zero-order valence-electron chi connectivity index (χ0n) is 12.4. The number of carbonyl (C=O) groups is 1. The first-order valence-electron chi connectivity index (χ1n) is 6.56. The molecule has 0 saturated carbocycles. The standard InChI is InChI=1S/C15H12Cl3NO4S/c1-23-11-4-2-3-10(7-11)19(9-15(18)20)24(21,22)12-5-6-13(16)14(17)8-12/h2-8H,9H2,1H3. The smallest absolute Gasteiger partial charge is 0.264 e. The normalized spacial score (nSPS) is 11.2. The van der Waals surface area contributed by atoms with Crippen LogP contribution in [-0.2, 0) is 14.8 Å². The molecule has 0 radical (unpaired) electrons. The van der Waals surface area contributed by atoms with Crippen molar-refractivity contribution in [2.45, 2.75) is 4.90 Å². The van der Waals surface area contributed by atoms with Crippen molar-refractivity contribution in [2.75, 3.05) is 18.0 Å². The van der Waals surface area contributed by atoms with Crippen LogP contribution in [0, 0.1) is 0 Å². The van der Waals surface area contributed by atoms with Crippen LogP contribution in [0.25, 0.3) is 0 Å². The lowest BCUT2D eigenvalue weighted by molar-refractivity contribution is -0.110. The minimum Gasteiger partial charge on any atom is -0.497 e. The minimum absolute atomic E-state index is 0.0838. The first-order chi connectivity index (χ1) is 11.3. The summed E-state index contributed by atoms with van der Waals surface area (Å²) in [6.45, 7) is -0.544. The Labute approximate surface area is 154 Å². The molecule has 0 aliphatic rings. The number of carbonyl (C=O) groups excluding carboxylic acids is 1. The minimum atomic E-state index is -4.08. The fraction of sp³-hybridized carbons (Fsp3) is 0.133. The van der Waals surface area contributed by atoms with Crippen LogP contribution in [0.5, 0.6) is 5.75 Å². The van der Waals surface area contributed by atoms with Crippen LogP contribution in [0.2, 0.25) is 10.0 Å². The summed E-state index contributed by atoms with van der Waals surface area (Å²) in [6, 6.07) is 10.1. The van der Waals surface area contributed by atoms with E-state index in [0.29, 0.717) is 5.75 Å². The molecule has 128 valence electrons. The summed E-state index contributed by atoms with van der Waals surface area (Å²) in [5.74, 6) is 0.434. The van der Waals surface area contributed by atoms with Crippen LogP contribution in [0.1, 0.15) is 0 Å². The third-order valence-corrected chi connectivity index (χ3v) is 5.72. The highest BCUT2D eigenvalue weighted by atomic mass is 35.5. The van der Waals surface area contributed by atoms with Crippen molar-refractivity contribution in [2.24, 2.45) is 0 Å². The number of methoxy groups -OCH3 is 1. The van der Waals surface area contributed by atoms with E-state index in [0.717, 1.165) is 4.31 Å². The molecule has 0 spiro atoms. The average molecular weight is 409 g/mol. The van der Waals surface area contributed by atoms with Gasteiger partial charge in [0.15, 0.2) is 0 Å². The van der Waals surface area contributed by atoms with Gasteiger partial charge in [0.25, 0.3) is 10.0 Å². The van der Waals surface area contributed by atoms with Gasteiger partial charge < -0.3 is 4.74 Å². The van der Waals surface area contributed by atoms with Crippen LogP contribution < -0.4 is 9.04 Å². The maximum atomic E-state index is 12.9. The van der Waals surface area contributed by atoms with E-state index in [-0.39, 0.29) is 20.6 Å². The summed E-state index contributed by atoms with van der Waals surface area (Å²) < 4.78 is 31.8. The quantitative estimate of drug-likeness (QED) is 0.679. The topological polar surface area (TPSA) is 63.7 Å². The van der Waals surface area contributed by atoms with Crippen LogP contribution in [-0.4, -0.2) is 27.3 Å². The molecule has 2 aromatic carbocycles. The SMILES string of the molecule is COc1cccc(N(CC(=O)Cl)S(=O)(=O)c2ccc(Cl)c(Cl)c2)c1. The maximum Gasteiger partial charge on any atom is 0.264 e. The second-order valence-corrected chi connectivity index (χ2v) is 7.74. The summed E-state index contributed by atoms with van der Waals surface area (Å²) in [5, 5.41) is -0.529. The maximum absolute atomic E-state index is 12.9. The molecule has 0 amide bonds. The highest BCUT2D eigenvalue weighted by molar-refractivity contribution is 7.92. The number of nitrogens with zero attached hydrogens (tertiary/aromatic N) is 1. The molecule has 0 fully saturated rings. The first-order valence-corrected chi connectivity index (χ1v) is 9.13. The molecule has 0 unspecified atom stereocenters. The van der Waals surface area contributed by atoms with E-state index in [2.05, 4.69) is 0 Å². The number of benzene rings is 2. The van der Waals surface area contributed by atoms with Gasteiger partial charge >= 0.3 is 0 Å². The molecular weight excluding hydrogens is 397 g/mol. The number of hydrogen-bond donors (Lipinski definition) is 0. The van der Waals surface area contributed by atoms with E-state index in [1.165, 1.54) is 37.4 Å². The molecule has 5 nitrogen and oxygen atoms in total. The molecule has 0 saturated heterocycles. The van der Waals surface area contributed by atoms with Gasteiger partial charge in [0.05, 0.1) is 27.7 Å². The molecule has 2 rings (SSSR count). The lowest BCUT2D eigenvalue weighted by Gasteiger charge is -2.23. The lowest BCUT2D eigenvalue weighted by Crippen LogP contribution is -2.34. The van der Waals surface area contributed by atoms with Crippen LogP contribution >= 0.6 is 34.8 Å². The molecule has 0 aliphatic carbocycles. The molecule has 24 heavy (non-hydrogen) atoms. The number of halogens is 3. The average Bonchev–Trinajstić information content (AvgIpc) is 2.54. The third-order valence-electron chi connectivity index (χ3n) is 3.09. The molecule has 9 heteroatoms. The van der Waals surface area contributed by atoms with Crippen LogP contribution in [0.3, 0.4) is 0 Å². The van der Waals surface area contributed by atoms with E-state index in [4.69, 9.17) is 39.5 Å². The lowest BCUT2D eigenvalue weighted by atomic mass is 10.3. The first kappa shape index (κ1) is 18.9. The zero-order valence-corrected chi connectivity index (χ0v) is 15.5. The summed E-state index contributed by atoms with van der Waals surface area (Å²) in [4.78, 5) is 11.2. The summed E-state index contributed by atoms with van der Waals surface area (Å²) in [5.41, 5.74) is 0.231. The van der Waals surface area contributed by atoms with E-state index in [1.54, 1.807) is 12.1 Å². The Morgan fingerprint density at radius 3 is 2.42 bits per heavy atom. The van der Waals surface area contributed by atoms with Gasteiger partial charge in [-0.3, -0.25) is 9.10 Å². The fourth-order valence-corrected chi connectivity index (χ4v) is 3.95. The van der Waals surface area contributed by atoms with Gasteiger partial charge in [-0.25, -0.2) is 8.42 Å². The second-order valence-electron chi connectivity index (χ2n) is 4.64. The van der Waals surface area contributed by atoms with E-state index >= 15 is 0 Å². The van der Waals surface area contributed by atoms with Crippen molar-refractivity contribution >= 4 is 55.8 Å². The Bertz CT molecular complexity index is 871. The van der Waals surface area contributed by atoms with E-state index in [1.807, 2.05) is 0 Å². The highest BCUT2D eigenvalue weighted by Crippen LogP contribution is 2.30. The number of sulfonamides is 1. The van der Waals surface area contributed by atoms with Gasteiger partial charge in [-0.15, -0.1) is 0 Å². The Kier molecular flexibility index (Phi) is 5.98. The summed E-state index contributed by atoms with van der Waals surface area (Å²) >= 11 is 17.1. The van der Waals surface area contributed by atoms with Gasteiger partial charge in [-0.1, -0.05) is 29.3 Å². The number of ether oxygens (including phenoxy) is 1. The van der Waals surface area contributed by atoms with Crippen LogP contribution in [0.15, 0.2) is 47.4 Å². The monoisotopic (exact) mass is 407 g/mol. The largest absolute Gasteiger partial charge is 0.497 e. The number of anilines is 1. The molecule has 2 aromatic rings. The van der Waals surface area contributed by atoms with Gasteiger partial charge in [0.1, 0.15) is 12.3 Å². The molecular formula is C15H12Cl3NO4S. The van der Waals surface area contributed by atoms with Crippen molar-refractivity contribution in [3.63, 3.8) is 0 Å². The molecule has 0 bridgehead atoms. The van der Waals surface area contributed by atoms with E-state index < -0.39 is 21.8 Å². The highest BCUT2D eigenvalue weighted by Gasteiger charge is 2.27. The molecule has 0 atom stereocenters. The Morgan fingerprint density at radius 2 is 1.83 bits per heavy atom. The Hall–Kier alpha value is -1.47. The fourth-order valence-electron chi connectivity index (χ4n) is 1.96. The predicted molar refractivity (Wildman–Crippen MR) is 94.8 cm³/mol. The van der Waals surface area contributed by atoms with Crippen molar-refractivity contribution in [1.82, 2.24) is 0 Å². The number of hydrogen-bond acceptors (Lipinski definition) is 4. The molecule has 0 aliphatic heterocycles. The molecule has 0 aromatic heterocycles. The molecule has 0 N–H and O–H groups in total. The summed E-state index contributed by atoms with van der Waals surface area (Å²) in [6.07, 6.45) is 0. The predicted octanol–water partition coefficient (Wildman–Crippen LogP) is 3.96. The van der Waals surface area contributed by atoms with Gasteiger partial charge in [-0.2, -0.15) is 0 Å². The van der Waals surface area contributed by atoms with Crippen molar-refractivity contribution in [3.8, 4) is 5.75 Å². The Morgan fingerprint density at radius 1 is 1.12 bits per heavy atom. The van der Waals surface area contributed by atoms with Crippen LogP contribution in [0.4, 0.5) is 5.69 Å². The third kappa shape index (κ3) is 4.13. The van der Waals surface area contributed by atoms with E-state index in [9.17, 15) is 13.2 Å².